The molecule has 21 heavy (non-hydrogen) atoms. The molecule has 0 aromatic carbocycles. The summed E-state index contributed by atoms with van der Waals surface area (Å²) in [6.45, 7) is 7.78. The van der Waals surface area contributed by atoms with Gasteiger partial charge in [-0.1, -0.05) is 6.58 Å². The van der Waals surface area contributed by atoms with E-state index >= 15 is 0 Å². The molecule has 1 heterocycles. The van der Waals surface area contributed by atoms with Gasteiger partial charge in [0.2, 0.25) is 21.8 Å². The molecule has 1 fully saturated rings. The molecule has 0 aliphatic carbocycles. The van der Waals surface area contributed by atoms with Gasteiger partial charge in [0, 0.05) is 32.2 Å². The number of carbonyl (C=O) groups is 2. The molecule has 2 amide bonds. The predicted octanol–water partition coefficient (Wildman–Crippen LogP) is -0.487. The van der Waals surface area contributed by atoms with Gasteiger partial charge >= 0.3 is 0 Å². The van der Waals surface area contributed by atoms with E-state index in [0.717, 1.165) is 6.08 Å². The second-order valence-electron chi connectivity index (χ2n) is 5.86. The minimum absolute atomic E-state index is 0.0419. The number of sulfonamides is 1. The van der Waals surface area contributed by atoms with Gasteiger partial charge < -0.3 is 9.80 Å². The van der Waals surface area contributed by atoms with E-state index in [-0.39, 0.29) is 24.9 Å². The second-order valence-corrected chi connectivity index (χ2v) is 7.77. The molecular weight excluding hydrogens is 294 g/mol. The van der Waals surface area contributed by atoms with E-state index in [4.69, 9.17) is 0 Å². The van der Waals surface area contributed by atoms with Crippen LogP contribution in [0.25, 0.3) is 0 Å². The van der Waals surface area contributed by atoms with Crippen LogP contribution in [0.4, 0.5) is 0 Å². The summed E-state index contributed by atoms with van der Waals surface area (Å²) in [5.41, 5.74) is -0.664. The summed E-state index contributed by atoms with van der Waals surface area (Å²) in [6.07, 6.45) is 2.32. The fraction of sp³-hybridized carbons (Fsp3) is 0.692. The van der Waals surface area contributed by atoms with Crippen LogP contribution in [0.15, 0.2) is 12.7 Å². The van der Waals surface area contributed by atoms with Gasteiger partial charge in [0.1, 0.15) is 0 Å². The normalized spacial score (nSPS) is 19.1. The van der Waals surface area contributed by atoms with E-state index in [1.807, 2.05) is 0 Å². The van der Waals surface area contributed by atoms with Crippen LogP contribution in [0, 0.1) is 0 Å². The summed E-state index contributed by atoms with van der Waals surface area (Å²) in [7, 11) is -1.78. The van der Waals surface area contributed by atoms with Gasteiger partial charge in [-0.05, 0) is 19.9 Å². The molecule has 0 spiro atoms. The number of rotatable bonds is 4. The molecule has 0 unspecified atom stereocenters. The molecule has 0 atom stereocenters. The zero-order valence-corrected chi connectivity index (χ0v) is 13.8. The molecule has 0 aromatic rings. The summed E-state index contributed by atoms with van der Waals surface area (Å²) in [5, 5.41) is 0. The lowest BCUT2D eigenvalue weighted by atomic mass is 10.0. The van der Waals surface area contributed by atoms with Gasteiger partial charge in [0.25, 0.3) is 0 Å². The molecular formula is C13H23N3O4S. The van der Waals surface area contributed by atoms with Gasteiger partial charge in [0.15, 0.2) is 0 Å². The van der Waals surface area contributed by atoms with Crippen molar-refractivity contribution in [3.8, 4) is 0 Å². The molecule has 1 aliphatic heterocycles. The van der Waals surface area contributed by atoms with E-state index in [0.29, 0.717) is 13.1 Å². The number of hydrogen-bond donors (Lipinski definition) is 0. The SMILES string of the molecule is C=CC(=O)N(C)CC(=O)N1CCN(S(C)(=O)=O)C(C)(C)C1. The Morgan fingerprint density at radius 1 is 1.33 bits per heavy atom. The summed E-state index contributed by atoms with van der Waals surface area (Å²) in [6, 6.07) is 0. The fourth-order valence-corrected chi connectivity index (χ4v) is 3.87. The van der Waals surface area contributed by atoms with Gasteiger partial charge in [-0.15, -0.1) is 0 Å². The largest absolute Gasteiger partial charge is 0.338 e. The average molecular weight is 317 g/mol. The van der Waals surface area contributed by atoms with Gasteiger partial charge in [-0.2, -0.15) is 4.31 Å². The van der Waals surface area contributed by atoms with Crippen molar-refractivity contribution in [3.63, 3.8) is 0 Å². The highest BCUT2D eigenvalue weighted by Crippen LogP contribution is 2.23. The molecule has 0 N–H and O–H groups in total. The molecule has 120 valence electrons. The predicted molar refractivity (Wildman–Crippen MR) is 80.0 cm³/mol. The minimum Gasteiger partial charge on any atom is -0.338 e. The first kappa shape index (κ1) is 17.6. The highest BCUT2D eigenvalue weighted by Gasteiger charge is 2.40. The summed E-state index contributed by atoms with van der Waals surface area (Å²) in [4.78, 5) is 26.5. The number of amides is 2. The maximum atomic E-state index is 12.2. The van der Waals surface area contributed by atoms with Crippen molar-refractivity contribution < 1.29 is 18.0 Å². The van der Waals surface area contributed by atoms with Crippen LogP contribution < -0.4 is 0 Å². The van der Waals surface area contributed by atoms with Crippen molar-refractivity contribution in [3.05, 3.63) is 12.7 Å². The molecule has 8 heteroatoms. The van der Waals surface area contributed by atoms with Crippen molar-refractivity contribution in [1.29, 1.82) is 0 Å². The van der Waals surface area contributed by atoms with Crippen molar-refractivity contribution in [1.82, 2.24) is 14.1 Å². The average Bonchev–Trinajstić information content (AvgIpc) is 2.34. The van der Waals surface area contributed by atoms with E-state index < -0.39 is 15.6 Å². The first-order valence-electron chi connectivity index (χ1n) is 6.62. The fourth-order valence-electron chi connectivity index (χ4n) is 2.50. The third-order valence-electron chi connectivity index (χ3n) is 3.50. The van der Waals surface area contributed by atoms with Crippen LogP contribution in [0.1, 0.15) is 13.8 Å². The lowest BCUT2D eigenvalue weighted by molar-refractivity contribution is -0.139. The maximum absolute atomic E-state index is 12.2. The van der Waals surface area contributed by atoms with E-state index in [1.54, 1.807) is 18.7 Å². The molecule has 7 nitrogen and oxygen atoms in total. The Hall–Kier alpha value is -1.41. The van der Waals surface area contributed by atoms with Crippen molar-refractivity contribution in [2.45, 2.75) is 19.4 Å². The number of piperazine rings is 1. The van der Waals surface area contributed by atoms with Crippen molar-refractivity contribution >= 4 is 21.8 Å². The quantitative estimate of drug-likeness (QED) is 0.656. The lowest BCUT2D eigenvalue weighted by Crippen LogP contribution is -2.62. The molecule has 1 rings (SSSR count). The molecule has 0 radical (unpaired) electrons. The van der Waals surface area contributed by atoms with Crippen molar-refractivity contribution in [2.24, 2.45) is 0 Å². The molecule has 0 bridgehead atoms. The van der Waals surface area contributed by atoms with E-state index in [9.17, 15) is 18.0 Å². The van der Waals surface area contributed by atoms with Crippen LogP contribution >= 0.6 is 0 Å². The number of nitrogens with zero attached hydrogens (tertiary/aromatic N) is 3. The number of likely N-dealkylation sites (N-methyl/N-ethyl adjacent to an activating group) is 1. The second kappa shape index (κ2) is 6.15. The third-order valence-corrected chi connectivity index (χ3v) is 4.98. The van der Waals surface area contributed by atoms with Crippen LogP contribution in [-0.4, -0.2) is 79.4 Å². The molecule has 0 saturated carbocycles. The third kappa shape index (κ3) is 4.28. The molecule has 0 aromatic heterocycles. The van der Waals surface area contributed by atoms with Crippen LogP contribution in [0.5, 0.6) is 0 Å². The Morgan fingerprint density at radius 2 is 1.90 bits per heavy atom. The monoisotopic (exact) mass is 317 g/mol. The Morgan fingerprint density at radius 3 is 2.33 bits per heavy atom. The summed E-state index contributed by atoms with van der Waals surface area (Å²) >= 11 is 0. The summed E-state index contributed by atoms with van der Waals surface area (Å²) in [5.74, 6) is -0.522. The maximum Gasteiger partial charge on any atom is 0.246 e. The molecule has 1 aliphatic rings. The summed E-state index contributed by atoms with van der Waals surface area (Å²) < 4.78 is 24.9. The first-order valence-corrected chi connectivity index (χ1v) is 8.47. The first-order chi connectivity index (χ1) is 9.49. The molecule has 1 saturated heterocycles. The Balaban J connectivity index is 2.75. The van der Waals surface area contributed by atoms with Crippen LogP contribution in [0.2, 0.25) is 0 Å². The van der Waals surface area contributed by atoms with Gasteiger partial charge in [-0.3, -0.25) is 9.59 Å². The minimum atomic E-state index is -3.31. The Bertz CT molecular complexity index is 542. The zero-order valence-electron chi connectivity index (χ0n) is 13.0. The highest BCUT2D eigenvalue weighted by atomic mass is 32.2. The smallest absolute Gasteiger partial charge is 0.246 e. The van der Waals surface area contributed by atoms with Gasteiger partial charge in [0.05, 0.1) is 12.8 Å². The Kier molecular flexibility index (Phi) is 5.16. The zero-order chi connectivity index (χ0) is 16.4. The van der Waals surface area contributed by atoms with Crippen molar-refractivity contribution in [2.75, 3.05) is 39.5 Å². The Labute approximate surface area is 126 Å². The number of carbonyl (C=O) groups excluding carboxylic acids is 2. The number of hydrogen-bond acceptors (Lipinski definition) is 4. The topological polar surface area (TPSA) is 78.0 Å². The highest BCUT2D eigenvalue weighted by molar-refractivity contribution is 7.88. The van der Waals surface area contributed by atoms with Crippen LogP contribution in [0.3, 0.4) is 0 Å². The van der Waals surface area contributed by atoms with E-state index in [1.165, 1.54) is 22.5 Å². The standard InChI is InChI=1S/C13H23N3O4S/c1-6-11(17)14(4)9-12(18)15-7-8-16(21(5,19)20)13(2,3)10-15/h6H,1,7-10H2,2-5H3. The lowest BCUT2D eigenvalue weighted by Gasteiger charge is -2.45. The van der Waals surface area contributed by atoms with Gasteiger partial charge in [-0.25, -0.2) is 8.42 Å². The van der Waals surface area contributed by atoms with E-state index in [2.05, 4.69) is 6.58 Å². The van der Waals surface area contributed by atoms with Crippen LogP contribution in [-0.2, 0) is 19.6 Å².